The largest absolute Gasteiger partial charge is 0.496 e. The summed E-state index contributed by atoms with van der Waals surface area (Å²) in [6.07, 6.45) is 0. The van der Waals surface area contributed by atoms with Gasteiger partial charge in [-0.05, 0) is 18.2 Å². The quantitative estimate of drug-likeness (QED) is 0.853. The monoisotopic (exact) mass is 223 g/mol. The summed E-state index contributed by atoms with van der Waals surface area (Å²) < 4.78 is 29.9. The average molecular weight is 224 g/mol. The lowest BCUT2D eigenvalue weighted by molar-refractivity contribution is 0.387. The Balaban J connectivity index is 0.00000169. The smallest absolute Gasteiger partial charge is 0.123 e. The molecule has 0 spiro atoms. The van der Waals surface area contributed by atoms with E-state index in [1.165, 1.54) is 25.3 Å². The molecule has 0 aliphatic carbocycles. The zero-order valence-corrected chi connectivity index (χ0v) is 8.48. The topological polar surface area (TPSA) is 35.2 Å². The van der Waals surface area contributed by atoms with E-state index in [4.69, 9.17) is 10.5 Å². The molecule has 1 aromatic rings. The molecule has 1 rings (SSSR count). The first-order valence-electron chi connectivity index (χ1n) is 3.84. The van der Waals surface area contributed by atoms with E-state index < -0.39 is 18.5 Å². The van der Waals surface area contributed by atoms with Crippen LogP contribution in [0.15, 0.2) is 18.2 Å². The highest BCUT2D eigenvalue weighted by Gasteiger charge is 2.12. The normalized spacial score (nSPS) is 11.7. The molecule has 80 valence electrons. The van der Waals surface area contributed by atoms with Gasteiger partial charge in [0.2, 0.25) is 0 Å². The molecule has 0 bridgehead atoms. The van der Waals surface area contributed by atoms with Crippen molar-refractivity contribution >= 4 is 12.4 Å². The molecule has 0 heterocycles. The van der Waals surface area contributed by atoms with Crippen LogP contribution in [0.4, 0.5) is 8.78 Å². The summed E-state index contributed by atoms with van der Waals surface area (Å²) in [5.74, 6) is -0.0359. The van der Waals surface area contributed by atoms with Crippen LogP contribution >= 0.6 is 12.4 Å². The number of nitrogens with two attached hydrogens (primary N) is 1. The van der Waals surface area contributed by atoms with Gasteiger partial charge in [0, 0.05) is 5.56 Å². The number of hydrogen-bond donors (Lipinski definition) is 1. The first-order chi connectivity index (χ1) is 6.19. The molecule has 0 amide bonds. The Kier molecular flexibility index (Phi) is 5.42. The molecule has 2 N–H and O–H groups in total. The number of halogens is 3. The number of hydrogen-bond acceptors (Lipinski definition) is 2. The van der Waals surface area contributed by atoms with Crippen molar-refractivity contribution in [1.82, 2.24) is 0 Å². The van der Waals surface area contributed by atoms with Crippen molar-refractivity contribution in [3.05, 3.63) is 29.6 Å². The highest BCUT2D eigenvalue weighted by molar-refractivity contribution is 5.85. The highest BCUT2D eigenvalue weighted by Crippen LogP contribution is 2.24. The Hall–Kier alpha value is -0.870. The molecule has 1 atom stereocenters. The number of rotatable bonds is 3. The van der Waals surface area contributed by atoms with Gasteiger partial charge in [-0.25, -0.2) is 8.78 Å². The average Bonchev–Trinajstić information content (AvgIpc) is 2.16. The molecule has 2 nitrogen and oxygen atoms in total. The van der Waals surface area contributed by atoms with Crippen molar-refractivity contribution in [2.24, 2.45) is 5.73 Å². The lowest BCUT2D eigenvalue weighted by Gasteiger charge is -2.12. The Morgan fingerprint density at radius 1 is 1.50 bits per heavy atom. The molecule has 0 aliphatic heterocycles. The fraction of sp³-hybridized carbons (Fsp3) is 0.333. The second-order valence-corrected chi connectivity index (χ2v) is 2.65. The third kappa shape index (κ3) is 2.82. The first kappa shape index (κ1) is 13.1. The van der Waals surface area contributed by atoms with Crippen molar-refractivity contribution in [3.8, 4) is 5.75 Å². The van der Waals surface area contributed by atoms with Gasteiger partial charge in [-0.2, -0.15) is 0 Å². The van der Waals surface area contributed by atoms with E-state index in [9.17, 15) is 8.78 Å². The zero-order valence-electron chi connectivity index (χ0n) is 7.67. The minimum atomic E-state index is -0.828. The van der Waals surface area contributed by atoms with E-state index in [1.54, 1.807) is 0 Å². The van der Waals surface area contributed by atoms with Crippen LogP contribution in [0, 0.1) is 5.82 Å². The molecule has 5 heteroatoms. The third-order valence-electron chi connectivity index (χ3n) is 1.76. The van der Waals surface area contributed by atoms with Crippen molar-refractivity contribution in [1.29, 1.82) is 0 Å². The summed E-state index contributed by atoms with van der Waals surface area (Å²) in [4.78, 5) is 0. The number of methoxy groups -OCH3 is 1. The van der Waals surface area contributed by atoms with Gasteiger partial charge in [0.05, 0.1) is 13.2 Å². The molecule has 0 saturated carbocycles. The summed E-state index contributed by atoms with van der Waals surface area (Å²) in [5, 5.41) is 0. The Bertz CT molecular complexity index is 296. The van der Waals surface area contributed by atoms with Crippen LogP contribution in [-0.4, -0.2) is 13.8 Å². The van der Waals surface area contributed by atoms with Gasteiger partial charge in [0.15, 0.2) is 0 Å². The Labute approximate surface area is 87.5 Å². The van der Waals surface area contributed by atoms with Crippen LogP contribution in [0.3, 0.4) is 0 Å². The molecule has 1 aromatic carbocycles. The lowest BCUT2D eigenvalue weighted by atomic mass is 10.1. The van der Waals surface area contributed by atoms with Gasteiger partial charge in [0.25, 0.3) is 0 Å². The number of benzene rings is 1. The minimum absolute atomic E-state index is 0. The van der Waals surface area contributed by atoms with Gasteiger partial charge in [-0.3, -0.25) is 0 Å². The number of alkyl halides is 1. The van der Waals surface area contributed by atoms with Crippen LogP contribution in [0.5, 0.6) is 5.75 Å². The van der Waals surface area contributed by atoms with Gasteiger partial charge < -0.3 is 10.5 Å². The molecular weight excluding hydrogens is 212 g/mol. The first-order valence-corrected chi connectivity index (χ1v) is 3.84. The van der Waals surface area contributed by atoms with Crippen molar-refractivity contribution in [3.63, 3.8) is 0 Å². The molecule has 0 fully saturated rings. The third-order valence-corrected chi connectivity index (χ3v) is 1.76. The van der Waals surface area contributed by atoms with Crippen molar-refractivity contribution < 1.29 is 13.5 Å². The van der Waals surface area contributed by atoms with Crippen LogP contribution < -0.4 is 10.5 Å². The zero-order chi connectivity index (χ0) is 9.84. The lowest BCUT2D eigenvalue weighted by Crippen LogP contribution is -2.13. The van der Waals surface area contributed by atoms with Crippen LogP contribution in [0.1, 0.15) is 11.6 Å². The second kappa shape index (κ2) is 5.78. The number of ether oxygens (including phenoxy) is 1. The van der Waals surface area contributed by atoms with Crippen LogP contribution in [0.25, 0.3) is 0 Å². The van der Waals surface area contributed by atoms with E-state index in [1.807, 2.05) is 0 Å². The van der Waals surface area contributed by atoms with Crippen LogP contribution in [-0.2, 0) is 0 Å². The van der Waals surface area contributed by atoms with Crippen LogP contribution in [0.2, 0.25) is 0 Å². The van der Waals surface area contributed by atoms with Gasteiger partial charge in [0.1, 0.15) is 18.2 Å². The van der Waals surface area contributed by atoms with Gasteiger partial charge >= 0.3 is 0 Å². The fourth-order valence-electron chi connectivity index (χ4n) is 1.08. The molecular formula is C9H12ClF2NO. The Morgan fingerprint density at radius 2 is 2.14 bits per heavy atom. The molecule has 0 aromatic heterocycles. The second-order valence-electron chi connectivity index (χ2n) is 2.65. The standard InChI is InChI=1S/C9H11F2NO.ClH/c1-13-9-3-2-6(11)4-7(9)8(12)5-10;/h2-4,8H,5,12H2,1H3;1H/t8-;/m0./s1. The highest BCUT2D eigenvalue weighted by atomic mass is 35.5. The van der Waals surface area contributed by atoms with Gasteiger partial charge in [-0.1, -0.05) is 0 Å². The van der Waals surface area contributed by atoms with Crippen molar-refractivity contribution in [2.45, 2.75) is 6.04 Å². The maximum atomic E-state index is 12.7. The van der Waals surface area contributed by atoms with E-state index in [-0.39, 0.29) is 12.4 Å². The predicted molar refractivity (Wildman–Crippen MR) is 53.1 cm³/mol. The van der Waals surface area contributed by atoms with E-state index in [2.05, 4.69) is 0 Å². The molecule has 0 radical (unpaired) electrons. The molecule has 0 unspecified atom stereocenters. The maximum Gasteiger partial charge on any atom is 0.123 e. The van der Waals surface area contributed by atoms with E-state index >= 15 is 0 Å². The maximum absolute atomic E-state index is 12.7. The summed E-state index contributed by atoms with van der Waals surface area (Å²) >= 11 is 0. The Morgan fingerprint density at radius 3 is 2.64 bits per heavy atom. The molecule has 0 saturated heterocycles. The van der Waals surface area contributed by atoms with E-state index in [0.717, 1.165) is 0 Å². The fourth-order valence-corrected chi connectivity index (χ4v) is 1.08. The summed E-state index contributed by atoms with van der Waals surface area (Å²) in [6.45, 7) is -0.736. The molecule has 14 heavy (non-hydrogen) atoms. The SMILES string of the molecule is COc1ccc(F)cc1[C@@H](N)CF.Cl. The van der Waals surface area contributed by atoms with Crippen molar-refractivity contribution in [2.75, 3.05) is 13.8 Å². The summed E-state index contributed by atoms with van der Waals surface area (Å²) in [5.41, 5.74) is 5.77. The summed E-state index contributed by atoms with van der Waals surface area (Å²) in [6, 6.07) is 3.03. The molecule has 0 aliphatic rings. The minimum Gasteiger partial charge on any atom is -0.496 e. The van der Waals surface area contributed by atoms with E-state index in [0.29, 0.717) is 11.3 Å². The predicted octanol–water partition coefficient (Wildman–Crippen LogP) is 2.23. The van der Waals surface area contributed by atoms with Gasteiger partial charge in [-0.15, -0.1) is 12.4 Å². The summed E-state index contributed by atoms with van der Waals surface area (Å²) in [7, 11) is 1.43.